The molecule has 1 N–H and O–H groups in total. The Morgan fingerprint density at radius 2 is 1.86 bits per heavy atom. The Bertz CT molecular complexity index is 717. The van der Waals surface area contributed by atoms with E-state index in [0.717, 1.165) is 70.7 Å². The van der Waals surface area contributed by atoms with Crippen molar-refractivity contribution in [3.05, 3.63) is 66.0 Å². The average Bonchev–Trinajstić information content (AvgIpc) is 2.96. The Hall–Kier alpha value is -1.79. The fourth-order valence-electron chi connectivity index (χ4n) is 4.39. The molecule has 1 atom stereocenters. The molecule has 1 unspecified atom stereocenters. The summed E-state index contributed by atoms with van der Waals surface area (Å²) in [4.78, 5) is 9.13. The van der Waals surface area contributed by atoms with Crippen LogP contribution in [0.25, 0.3) is 0 Å². The third-order valence-electron chi connectivity index (χ3n) is 6.03. The second kappa shape index (κ2) is 9.14. The third-order valence-corrected chi connectivity index (χ3v) is 6.03. The van der Waals surface area contributed by atoms with Crippen molar-refractivity contribution >= 4 is 0 Å². The number of hydrogen-bond donors (Lipinski definition) is 1. The van der Waals surface area contributed by atoms with Gasteiger partial charge in [0.15, 0.2) is 0 Å². The number of likely N-dealkylation sites (tertiary alicyclic amines) is 1. The molecule has 2 aliphatic rings. The molecule has 0 amide bonds. The van der Waals surface area contributed by atoms with Crippen LogP contribution in [-0.2, 0) is 16.9 Å². The number of ether oxygens (including phenoxy) is 1. The molecule has 2 aromatic rings. The highest BCUT2D eigenvalue weighted by molar-refractivity contribution is 5.19. The van der Waals surface area contributed by atoms with Gasteiger partial charge in [-0.05, 0) is 30.9 Å². The van der Waals surface area contributed by atoms with Crippen LogP contribution in [0.15, 0.2) is 54.9 Å². The molecule has 28 heavy (non-hydrogen) atoms. The SMILES string of the molecule is OC1(c2cccnc2)CCN(CC2CN(Cc3ccccc3)CCCO2)CC1. The number of nitrogens with zero attached hydrogens (tertiary/aromatic N) is 3. The molecule has 4 rings (SSSR count). The molecule has 0 aliphatic carbocycles. The summed E-state index contributed by atoms with van der Waals surface area (Å²) in [5.74, 6) is 0. The number of rotatable bonds is 5. The predicted molar refractivity (Wildman–Crippen MR) is 110 cm³/mol. The van der Waals surface area contributed by atoms with Crippen molar-refractivity contribution in [2.24, 2.45) is 0 Å². The number of aliphatic hydroxyl groups is 1. The highest BCUT2D eigenvalue weighted by Gasteiger charge is 2.35. The van der Waals surface area contributed by atoms with Crippen LogP contribution in [0.5, 0.6) is 0 Å². The van der Waals surface area contributed by atoms with E-state index in [1.54, 1.807) is 12.4 Å². The zero-order chi connectivity index (χ0) is 19.2. The van der Waals surface area contributed by atoms with Crippen LogP contribution in [0, 0.1) is 0 Å². The van der Waals surface area contributed by atoms with Crippen molar-refractivity contribution in [3.8, 4) is 0 Å². The van der Waals surface area contributed by atoms with Gasteiger partial charge >= 0.3 is 0 Å². The summed E-state index contributed by atoms with van der Waals surface area (Å²) in [5.41, 5.74) is 1.56. The van der Waals surface area contributed by atoms with Crippen molar-refractivity contribution in [2.75, 3.05) is 39.3 Å². The first-order chi connectivity index (χ1) is 13.7. The quantitative estimate of drug-likeness (QED) is 0.863. The van der Waals surface area contributed by atoms with Gasteiger partial charge in [0, 0.05) is 63.8 Å². The molecular formula is C23H31N3O2. The zero-order valence-corrected chi connectivity index (χ0v) is 16.5. The Morgan fingerprint density at radius 1 is 1.04 bits per heavy atom. The lowest BCUT2D eigenvalue weighted by Gasteiger charge is -2.39. The smallest absolute Gasteiger partial charge is 0.0935 e. The van der Waals surface area contributed by atoms with Gasteiger partial charge in [0.05, 0.1) is 11.7 Å². The summed E-state index contributed by atoms with van der Waals surface area (Å²) in [5, 5.41) is 11.0. The molecule has 3 heterocycles. The van der Waals surface area contributed by atoms with E-state index in [-0.39, 0.29) is 6.10 Å². The standard InChI is InChI=1S/C23H31N3O2/c27-23(21-8-4-11-24-16-21)9-13-25(14-10-23)18-22-19-26(12-5-15-28-22)17-20-6-2-1-3-7-20/h1-4,6-8,11,16,22,27H,5,9-10,12-15,17-19H2. The largest absolute Gasteiger partial charge is 0.385 e. The molecule has 1 aromatic heterocycles. The van der Waals surface area contributed by atoms with Gasteiger partial charge < -0.3 is 14.7 Å². The highest BCUT2D eigenvalue weighted by atomic mass is 16.5. The van der Waals surface area contributed by atoms with Gasteiger partial charge in [0.25, 0.3) is 0 Å². The third kappa shape index (κ3) is 4.97. The maximum atomic E-state index is 11.0. The molecule has 150 valence electrons. The molecule has 0 radical (unpaired) electrons. The van der Waals surface area contributed by atoms with Crippen molar-refractivity contribution < 1.29 is 9.84 Å². The van der Waals surface area contributed by atoms with Gasteiger partial charge in [0.2, 0.25) is 0 Å². The predicted octanol–water partition coefficient (Wildman–Crippen LogP) is 2.66. The van der Waals surface area contributed by atoms with Crippen molar-refractivity contribution in [2.45, 2.75) is 37.5 Å². The van der Waals surface area contributed by atoms with Gasteiger partial charge in [-0.15, -0.1) is 0 Å². The van der Waals surface area contributed by atoms with Crippen LogP contribution in [0.3, 0.4) is 0 Å². The Kier molecular flexibility index (Phi) is 6.37. The fourth-order valence-corrected chi connectivity index (χ4v) is 4.39. The first-order valence-electron chi connectivity index (χ1n) is 10.4. The van der Waals surface area contributed by atoms with Gasteiger partial charge in [-0.2, -0.15) is 0 Å². The zero-order valence-electron chi connectivity index (χ0n) is 16.5. The highest BCUT2D eigenvalue weighted by Crippen LogP contribution is 2.32. The minimum atomic E-state index is -0.742. The van der Waals surface area contributed by atoms with Crippen LogP contribution in [-0.4, -0.2) is 65.3 Å². The average molecular weight is 382 g/mol. The van der Waals surface area contributed by atoms with Gasteiger partial charge in [-0.3, -0.25) is 9.88 Å². The Balaban J connectivity index is 1.30. The van der Waals surface area contributed by atoms with Crippen LogP contribution in [0.4, 0.5) is 0 Å². The lowest BCUT2D eigenvalue weighted by Crippen LogP contribution is -2.47. The van der Waals surface area contributed by atoms with E-state index < -0.39 is 5.60 Å². The summed E-state index contributed by atoms with van der Waals surface area (Å²) >= 11 is 0. The van der Waals surface area contributed by atoms with Crippen molar-refractivity contribution in [1.82, 2.24) is 14.8 Å². The Labute approximate surface area is 168 Å². The van der Waals surface area contributed by atoms with E-state index in [0.29, 0.717) is 0 Å². The van der Waals surface area contributed by atoms with E-state index in [9.17, 15) is 5.11 Å². The van der Waals surface area contributed by atoms with Crippen molar-refractivity contribution in [3.63, 3.8) is 0 Å². The molecular weight excluding hydrogens is 350 g/mol. The molecule has 2 saturated heterocycles. The lowest BCUT2D eigenvalue weighted by atomic mass is 9.85. The van der Waals surface area contributed by atoms with Crippen LogP contribution >= 0.6 is 0 Å². The maximum Gasteiger partial charge on any atom is 0.0935 e. The van der Waals surface area contributed by atoms with E-state index in [1.807, 2.05) is 12.1 Å². The van der Waals surface area contributed by atoms with E-state index >= 15 is 0 Å². The van der Waals surface area contributed by atoms with Crippen molar-refractivity contribution in [1.29, 1.82) is 0 Å². The lowest BCUT2D eigenvalue weighted by molar-refractivity contribution is -0.0432. The molecule has 5 nitrogen and oxygen atoms in total. The van der Waals surface area contributed by atoms with Gasteiger partial charge in [-0.1, -0.05) is 36.4 Å². The minimum Gasteiger partial charge on any atom is -0.385 e. The van der Waals surface area contributed by atoms with Crippen LogP contribution < -0.4 is 0 Å². The monoisotopic (exact) mass is 381 g/mol. The molecule has 2 aliphatic heterocycles. The molecule has 5 heteroatoms. The number of piperidine rings is 1. The van der Waals surface area contributed by atoms with E-state index in [1.165, 1.54) is 5.56 Å². The summed E-state index contributed by atoms with van der Waals surface area (Å²) in [6.45, 7) is 6.61. The van der Waals surface area contributed by atoms with Crippen LogP contribution in [0.1, 0.15) is 30.4 Å². The topological polar surface area (TPSA) is 48.8 Å². The fraction of sp³-hybridized carbons (Fsp3) is 0.522. The summed E-state index contributed by atoms with van der Waals surface area (Å²) in [7, 11) is 0. The molecule has 0 saturated carbocycles. The second-order valence-electron chi connectivity index (χ2n) is 8.14. The number of aromatic nitrogens is 1. The maximum absolute atomic E-state index is 11.0. The molecule has 0 spiro atoms. The Morgan fingerprint density at radius 3 is 2.61 bits per heavy atom. The number of hydrogen-bond acceptors (Lipinski definition) is 5. The molecule has 2 fully saturated rings. The van der Waals surface area contributed by atoms with E-state index in [4.69, 9.17) is 4.74 Å². The summed E-state index contributed by atoms with van der Waals surface area (Å²) in [6.07, 6.45) is 6.37. The molecule has 0 bridgehead atoms. The van der Waals surface area contributed by atoms with Crippen LogP contribution in [0.2, 0.25) is 0 Å². The van der Waals surface area contributed by atoms with Gasteiger partial charge in [-0.25, -0.2) is 0 Å². The van der Waals surface area contributed by atoms with E-state index in [2.05, 4.69) is 45.1 Å². The summed E-state index contributed by atoms with van der Waals surface area (Å²) < 4.78 is 6.15. The second-order valence-corrected chi connectivity index (χ2v) is 8.14. The molecule has 1 aromatic carbocycles. The normalized spacial score (nSPS) is 24.0. The number of pyridine rings is 1. The van der Waals surface area contributed by atoms with Gasteiger partial charge in [0.1, 0.15) is 0 Å². The summed E-state index contributed by atoms with van der Waals surface area (Å²) in [6, 6.07) is 14.6. The first kappa shape index (κ1) is 19.5. The number of benzene rings is 1. The minimum absolute atomic E-state index is 0.232. The first-order valence-corrected chi connectivity index (χ1v) is 10.4.